The first kappa shape index (κ1) is 8.94. The molecule has 2 aromatic rings. The predicted molar refractivity (Wildman–Crippen MR) is 53.5 cm³/mol. The summed E-state index contributed by atoms with van der Waals surface area (Å²) in [6, 6.07) is 3.72. The van der Waals surface area contributed by atoms with Crippen LogP contribution in [0.3, 0.4) is 0 Å². The van der Waals surface area contributed by atoms with E-state index in [9.17, 15) is 4.79 Å². The fourth-order valence-corrected chi connectivity index (χ4v) is 1.50. The summed E-state index contributed by atoms with van der Waals surface area (Å²) in [6.45, 7) is 5.37. The molecule has 0 saturated carbocycles. The summed E-state index contributed by atoms with van der Waals surface area (Å²) < 4.78 is 5.33. The highest BCUT2D eigenvalue weighted by Gasteiger charge is 2.10. The largest absolute Gasteiger partial charge is 0.435 e. The normalized spacial score (nSPS) is 10.8. The summed E-state index contributed by atoms with van der Waals surface area (Å²) in [5.41, 5.74) is 2.54. The molecule has 0 amide bonds. The first-order valence-corrected chi connectivity index (χ1v) is 4.46. The van der Waals surface area contributed by atoms with E-state index in [0.717, 1.165) is 16.6 Å². The summed E-state index contributed by atoms with van der Waals surface area (Å²) in [6.07, 6.45) is 0. The Morgan fingerprint density at radius 1 is 1.36 bits per heavy atom. The van der Waals surface area contributed by atoms with Gasteiger partial charge in [0.05, 0.1) is 0 Å². The van der Waals surface area contributed by atoms with Gasteiger partial charge >= 0.3 is 0 Å². The number of aryl methyl sites for hydroxylation is 2. The van der Waals surface area contributed by atoms with Crippen molar-refractivity contribution in [2.45, 2.75) is 20.8 Å². The number of furan rings is 1. The zero-order valence-corrected chi connectivity index (χ0v) is 8.42. The Hall–Kier alpha value is -1.64. The van der Waals surface area contributed by atoms with Crippen molar-refractivity contribution >= 4 is 16.9 Å². The number of fused-ring (bicyclic) bond motifs is 1. The molecule has 0 aliphatic heterocycles. The lowest BCUT2D eigenvalue weighted by Crippen LogP contribution is -1.85. The number of nitrogens with zero attached hydrogens (tertiary/aromatic N) is 1. The molecule has 0 aliphatic rings. The van der Waals surface area contributed by atoms with E-state index in [1.165, 1.54) is 6.92 Å². The Balaban J connectivity index is 2.76. The zero-order valence-electron chi connectivity index (χ0n) is 8.42. The van der Waals surface area contributed by atoms with Gasteiger partial charge < -0.3 is 4.42 Å². The molecule has 0 saturated heterocycles. The van der Waals surface area contributed by atoms with Gasteiger partial charge in [0.1, 0.15) is 0 Å². The second kappa shape index (κ2) is 2.94. The van der Waals surface area contributed by atoms with Crippen LogP contribution in [-0.2, 0) is 0 Å². The van der Waals surface area contributed by atoms with Crippen molar-refractivity contribution in [3.8, 4) is 0 Å². The Morgan fingerprint density at radius 2 is 2.07 bits per heavy atom. The number of ketones is 1. The zero-order chi connectivity index (χ0) is 10.3. The number of carbonyl (C=O) groups excluding carboxylic acids is 1. The minimum Gasteiger partial charge on any atom is -0.435 e. The lowest BCUT2D eigenvalue weighted by molar-refractivity contribution is 0.0989. The van der Waals surface area contributed by atoms with E-state index < -0.39 is 0 Å². The Bertz CT molecular complexity index is 511. The topological polar surface area (TPSA) is 43.1 Å². The molecule has 0 aliphatic carbocycles. The molecule has 72 valence electrons. The molecule has 0 unspecified atom stereocenters. The van der Waals surface area contributed by atoms with Gasteiger partial charge in [-0.2, -0.15) is 0 Å². The fraction of sp³-hybridized carbons (Fsp3) is 0.273. The van der Waals surface area contributed by atoms with E-state index in [4.69, 9.17) is 4.42 Å². The molecule has 0 radical (unpaired) electrons. The van der Waals surface area contributed by atoms with E-state index in [0.29, 0.717) is 11.5 Å². The van der Waals surface area contributed by atoms with E-state index in [-0.39, 0.29) is 5.78 Å². The Kier molecular flexibility index (Phi) is 1.88. The van der Waals surface area contributed by atoms with E-state index in [1.807, 2.05) is 19.9 Å². The molecule has 0 spiro atoms. The maximum atomic E-state index is 11.1. The van der Waals surface area contributed by atoms with E-state index in [2.05, 4.69) is 4.98 Å². The predicted octanol–water partition coefficient (Wildman–Crippen LogP) is 2.65. The van der Waals surface area contributed by atoms with Crippen LogP contribution < -0.4 is 0 Å². The third-order valence-corrected chi connectivity index (χ3v) is 2.19. The van der Waals surface area contributed by atoms with Crippen LogP contribution in [0.1, 0.15) is 28.7 Å². The number of pyridine rings is 1. The van der Waals surface area contributed by atoms with E-state index in [1.54, 1.807) is 6.07 Å². The van der Waals surface area contributed by atoms with Gasteiger partial charge in [-0.05, 0) is 31.5 Å². The summed E-state index contributed by atoms with van der Waals surface area (Å²) >= 11 is 0. The summed E-state index contributed by atoms with van der Waals surface area (Å²) in [4.78, 5) is 15.3. The van der Waals surface area contributed by atoms with Crippen molar-refractivity contribution in [1.29, 1.82) is 0 Å². The van der Waals surface area contributed by atoms with Crippen LogP contribution in [0.15, 0.2) is 16.5 Å². The summed E-state index contributed by atoms with van der Waals surface area (Å²) in [5, 5.41) is 0.917. The van der Waals surface area contributed by atoms with Crippen LogP contribution in [0.25, 0.3) is 11.1 Å². The van der Waals surface area contributed by atoms with Gasteiger partial charge in [0.15, 0.2) is 11.5 Å². The van der Waals surface area contributed by atoms with Crippen LogP contribution in [0.4, 0.5) is 0 Å². The highest BCUT2D eigenvalue weighted by Crippen LogP contribution is 2.21. The standard InChI is InChI=1S/C11H11NO2/c1-6-4-7(2)12-11-9(6)5-10(14-11)8(3)13/h4-5H,1-3H3. The number of carbonyl (C=O) groups is 1. The molecule has 0 atom stereocenters. The average Bonchev–Trinajstić information content (AvgIpc) is 2.47. The first-order chi connectivity index (χ1) is 6.58. The maximum Gasteiger partial charge on any atom is 0.227 e. The van der Waals surface area contributed by atoms with Gasteiger partial charge in [0, 0.05) is 18.0 Å². The highest BCUT2D eigenvalue weighted by atomic mass is 16.4. The van der Waals surface area contributed by atoms with E-state index >= 15 is 0 Å². The molecular formula is C11H11NO2. The monoisotopic (exact) mass is 189 g/mol. The molecule has 0 bridgehead atoms. The minimum absolute atomic E-state index is 0.0694. The molecular weight excluding hydrogens is 178 g/mol. The first-order valence-electron chi connectivity index (χ1n) is 4.46. The molecule has 2 aromatic heterocycles. The smallest absolute Gasteiger partial charge is 0.227 e. The molecule has 2 rings (SSSR count). The van der Waals surface area contributed by atoms with Crippen molar-refractivity contribution < 1.29 is 9.21 Å². The molecule has 0 N–H and O–H groups in total. The maximum absolute atomic E-state index is 11.1. The van der Waals surface area contributed by atoms with Crippen LogP contribution in [-0.4, -0.2) is 10.8 Å². The Labute approximate surface area is 81.7 Å². The van der Waals surface area contributed by atoms with Crippen molar-refractivity contribution in [1.82, 2.24) is 4.98 Å². The van der Waals surface area contributed by atoms with Crippen molar-refractivity contribution in [3.63, 3.8) is 0 Å². The van der Waals surface area contributed by atoms with Crippen LogP contribution in [0.5, 0.6) is 0 Å². The van der Waals surface area contributed by atoms with Gasteiger partial charge in [-0.15, -0.1) is 0 Å². The quantitative estimate of drug-likeness (QED) is 0.647. The minimum atomic E-state index is -0.0694. The number of aromatic nitrogens is 1. The van der Waals surface area contributed by atoms with Gasteiger partial charge in [0.25, 0.3) is 0 Å². The highest BCUT2D eigenvalue weighted by molar-refractivity contribution is 5.95. The number of hydrogen-bond donors (Lipinski definition) is 0. The van der Waals surface area contributed by atoms with Crippen LogP contribution in [0.2, 0.25) is 0 Å². The van der Waals surface area contributed by atoms with Crippen molar-refractivity contribution in [3.05, 3.63) is 29.2 Å². The van der Waals surface area contributed by atoms with Gasteiger partial charge in [-0.25, -0.2) is 4.98 Å². The molecule has 3 heteroatoms. The number of rotatable bonds is 1. The summed E-state index contributed by atoms with van der Waals surface area (Å²) in [5.74, 6) is 0.307. The molecule has 14 heavy (non-hydrogen) atoms. The molecule has 2 heterocycles. The second-order valence-electron chi connectivity index (χ2n) is 3.47. The lowest BCUT2D eigenvalue weighted by atomic mass is 10.2. The fourth-order valence-electron chi connectivity index (χ4n) is 1.50. The van der Waals surface area contributed by atoms with Gasteiger partial charge in [-0.1, -0.05) is 0 Å². The van der Waals surface area contributed by atoms with Gasteiger partial charge in [0.2, 0.25) is 5.71 Å². The summed E-state index contributed by atoms with van der Waals surface area (Å²) in [7, 11) is 0. The SMILES string of the molecule is CC(=O)c1cc2c(C)cc(C)nc2o1. The van der Waals surface area contributed by atoms with Gasteiger partial charge in [-0.3, -0.25) is 4.79 Å². The van der Waals surface area contributed by atoms with Crippen LogP contribution >= 0.6 is 0 Å². The molecule has 3 nitrogen and oxygen atoms in total. The van der Waals surface area contributed by atoms with Crippen molar-refractivity contribution in [2.75, 3.05) is 0 Å². The molecule has 0 aromatic carbocycles. The second-order valence-corrected chi connectivity index (χ2v) is 3.47. The Morgan fingerprint density at radius 3 is 2.71 bits per heavy atom. The number of Topliss-reactive ketones (excluding diaryl/α,β-unsaturated/α-hetero) is 1. The average molecular weight is 189 g/mol. The third kappa shape index (κ3) is 1.31. The molecule has 0 fully saturated rings. The van der Waals surface area contributed by atoms with Crippen LogP contribution in [0, 0.1) is 13.8 Å². The lowest BCUT2D eigenvalue weighted by Gasteiger charge is -1.95. The number of hydrogen-bond acceptors (Lipinski definition) is 3. The third-order valence-electron chi connectivity index (χ3n) is 2.19. The van der Waals surface area contributed by atoms with Crippen molar-refractivity contribution in [2.24, 2.45) is 0 Å².